The van der Waals surface area contributed by atoms with Gasteiger partial charge in [-0.05, 0) is 17.7 Å². The van der Waals surface area contributed by atoms with Crippen molar-refractivity contribution in [3.63, 3.8) is 0 Å². The Bertz CT molecular complexity index is 888. The van der Waals surface area contributed by atoms with Crippen LogP contribution in [0.25, 0.3) is 0 Å². The molecule has 2 heterocycles. The SMILES string of the molecule is COc1cccc(OCC(=O)N2CCN3C(=O)OCC3(Cc3ccccc3)C2)c1. The molecule has 2 aromatic rings. The van der Waals surface area contributed by atoms with Crippen molar-refractivity contribution in [1.82, 2.24) is 9.80 Å². The molecule has 0 aromatic heterocycles. The highest BCUT2D eigenvalue weighted by Crippen LogP contribution is 2.32. The number of fused-ring (bicyclic) bond motifs is 1. The van der Waals surface area contributed by atoms with Crippen molar-refractivity contribution in [3.05, 3.63) is 60.2 Å². The Labute approximate surface area is 169 Å². The standard InChI is InChI=1S/C22H24N2O5/c1-27-18-8-5-9-19(12-18)28-14-20(25)23-10-11-24-21(26)29-16-22(24,15-23)13-17-6-3-2-4-7-17/h2-9,12H,10-11,13-16H2,1H3. The molecule has 29 heavy (non-hydrogen) atoms. The highest BCUT2D eigenvalue weighted by Gasteiger charge is 2.51. The summed E-state index contributed by atoms with van der Waals surface area (Å²) in [7, 11) is 1.58. The van der Waals surface area contributed by atoms with Crippen LogP contribution in [0.2, 0.25) is 0 Å². The minimum Gasteiger partial charge on any atom is -0.497 e. The van der Waals surface area contributed by atoms with Gasteiger partial charge in [-0.2, -0.15) is 0 Å². The minimum atomic E-state index is -0.539. The van der Waals surface area contributed by atoms with Crippen molar-refractivity contribution in [1.29, 1.82) is 0 Å². The van der Waals surface area contributed by atoms with E-state index in [1.165, 1.54) is 0 Å². The summed E-state index contributed by atoms with van der Waals surface area (Å²) in [6.45, 7) is 1.56. The average molecular weight is 396 g/mol. The second-order valence-electron chi connectivity index (χ2n) is 7.38. The topological polar surface area (TPSA) is 68.3 Å². The van der Waals surface area contributed by atoms with E-state index in [0.29, 0.717) is 37.6 Å². The molecule has 0 radical (unpaired) electrons. The minimum absolute atomic E-state index is 0.0661. The molecule has 2 aromatic carbocycles. The quantitative estimate of drug-likeness (QED) is 0.750. The third-order valence-electron chi connectivity index (χ3n) is 5.47. The predicted octanol–water partition coefficient (Wildman–Crippen LogP) is 2.35. The molecule has 0 saturated carbocycles. The summed E-state index contributed by atoms with van der Waals surface area (Å²) in [5.41, 5.74) is 0.570. The summed E-state index contributed by atoms with van der Waals surface area (Å²) in [6.07, 6.45) is 0.334. The molecule has 1 atom stereocenters. The maximum absolute atomic E-state index is 12.8. The Hall–Kier alpha value is -3.22. The molecule has 2 fully saturated rings. The summed E-state index contributed by atoms with van der Waals surface area (Å²) < 4.78 is 16.2. The van der Waals surface area contributed by atoms with E-state index < -0.39 is 5.54 Å². The smallest absolute Gasteiger partial charge is 0.410 e. The number of piperazine rings is 1. The number of nitrogens with zero attached hydrogens (tertiary/aromatic N) is 2. The Morgan fingerprint density at radius 2 is 1.90 bits per heavy atom. The molecule has 2 aliphatic rings. The lowest BCUT2D eigenvalue weighted by molar-refractivity contribution is -0.137. The summed E-state index contributed by atoms with van der Waals surface area (Å²) in [5.74, 6) is 1.14. The molecule has 0 bridgehead atoms. The molecule has 2 saturated heterocycles. The number of cyclic esters (lactones) is 1. The van der Waals surface area contributed by atoms with Gasteiger partial charge >= 0.3 is 6.09 Å². The number of hydrogen-bond donors (Lipinski definition) is 0. The number of rotatable bonds is 6. The van der Waals surface area contributed by atoms with Crippen LogP contribution in [0.4, 0.5) is 4.79 Å². The van der Waals surface area contributed by atoms with Crippen LogP contribution in [0.15, 0.2) is 54.6 Å². The third kappa shape index (κ3) is 3.99. The van der Waals surface area contributed by atoms with Gasteiger partial charge in [-0.15, -0.1) is 0 Å². The first-order valence-electron chi connectivity index (χ1n) is 9.63. The highest BCUT2D eigenvalue weighted by molar-refractivity contribution is 5.79. The first-order chi connectivity index (χ1) is 14.1. The zero-order valence-electron chi connectivity index (χ0n) is 16.4. The van der Waals surface area contributed by atoms with Gasteiger partial charge in [-0.1, -0.05) is 36.4 Å². The number of hydrogen-bond acceptors (Lipinski definition) is 5. The van der Waals surface area contributed by atoms with Gasteiger partial charge in [-0.3, -0.25) is 9.69 Å². The normalized spacial score (nSPS) is 20.8. The maximum atomic E-state index is 12.8. The van der Waals surface area contributed by atoms with Crippen LogP contribution < -0.4 is 9.47 Å². The van der Waals surface area contributed by atoms with E-state index in [9.17, 15) is 9.59 Å². The molecule has 2 amide bonds. The summed E-state index contributed by atoms with van der Waals surface area (Å²) in [5, 5.41) is 0. The summed E-state index contributed by atoms with van der Waals surface area (Å²) in [4.78, 5) is 28.6. The van der Waals surface area contributed by atoms with Gasteiger partial charge in [0.1, 0.15) is 23.6 Å². The van der Waals surface area contributed by atoms with Crippen LogP contribution in [0.5, 0.6) is 11.5 Å². The van der Waals surface area contributed by atoms with Crippen LogP contribution >= 0.6 is 0 Å². The Kier molecular flexibility index (Phi) is 5.29. The van der Waals surface area contributed by atoms with Crippen molar-refractivity contribution in [2.24, 2.45) is 0 Å². The molecule has 0 N–H and O–H groups in total. The number of methoxy groups -OCH3 is 1. The molecular weight excluding hydrogens is 372 g/mol. The molecule has 7 heteroatoms. The average Bonchev–Trinajstić information content (AvgIpc) is 3.08. The van der Waals surface area contributed by atoms with E-state index in [2.05, 4.69) is 0 Å². The monoisotopic (exact) mass is 396 g/mol. The molecular formula is C22H24N2O5. The van der Waals surface area contributed by atoms with Gasteiger partial charge in [0, 0.05) is 32.1 Å². The fourth-order valence-electron chi connectivity index (χ4n) is 3.98. The lowest BCUT2D eigenvalue weighted by Crippen LogP contribution is -2.63. The van der Waals surface area contributed by atoms with E-state index in [-0.39, 0.29) is 25.2 Å². The lowest BCUT2D eigenvalue weighted by atomic mass is 9.88. The second-order valence-corrected chi connectivity index (χ2v) is 7.38. The van der Waals surface area contributed by atoms with Crippen LogP contribution in [-0.2, 0) is 16.0 Å². The first-order valence-corrected chi connectivity index (χ1v) is 9.63. The number of ether oxygens (including phenoxy) is 3. The van der Waals surface area contributed by atoms with E-state index in [0.717, 1.165) is 5.56 Å². The van der Waals surface area contributed by atoms with E-state index in [1.54, 1.807) is 29.0 Å². The summed E-state index contributed by atoms with van der Waals surface area (Å²) in [6, 6.07) is 17.1. The molecule has 0 spiro atoms. The fourth-order valence-corrected chi connectivity index (χ4v) is 3.98. The summed E-state index contributed by atoms with van der Waals surface area (Å²) >= 11 is 0. The number of carbonyl (C=O) groups is 2. The van der Waals surface area contributed by atoms with Crippen molar-refractivity contribution in [2.75, 3.05) is 40.0 Å². The van der Waals surface area contributed by atoms with Gasteiger partial charge in [0.05, 0.1) is 7.11 Å². The van der Waals surface area contributed by atoms with Gasteiger partial charge in [0.15, 0.2) is 6.61 Å². The predicted molar refractivity (Wildman–Crippen MR) is 106 cm³/mol. The molecule has 152 valence electrons. The second kappa shape index (κ2) is 8.03. The van der Waals surface area contributed by atoms with Gasteiger partial charge in [0.25, 0.3) is 5.91 Å². The van der Waals surface area contributed by atoms with Crippen LogP contribution in [0.3, 0.4) is 0 Å². The molecule has 1 unspecified atom stereocenters. The van der Waals surface area contributed by atoms with E-state index in [4.69, 9.17) is 14.2 Å². The Morgan fingerprint density at radius 3 is 2.69 bits per heavy atom. The van der Waals surface area contributed by atoms with Crippen molar-refractivity contribution in [2.45, 2.75) is 12.0 Å². The fraction of sp³-hybridized carbons (Fsp3) is 0.364. The van der Waals surface area contributed by atoms with Crippen molar-refractivity contribution >= 4 is 12.0 Å². The maximum Gasteiger partial charge on any atom is 0.410 e. The zero-order chi connectivity index (χ0) is 20.3. The van der Waals surface area contributed by atoms with Crippen LogP contribution in [0, 0.1) is 0 Å². The molecule has 4 rings (SSSR count). The van der Waals surface area contributed by atoms with Crippen LogP contribution in [-0.4, -0.2) is 67.3 Å². The zero-order valence-corrected chi connectivity index (χ0v) is 16.4. The Morgan fingerprint density at radius 1 is 1.10 bits per heavy atom. The lowest BCUT2D eigenvalue weighted by Gasteiger charge is -2.44. The third-order valence-corrected chi connectivity index (χ3v) is 5.47. The van der Waals surface area contributed by atoms with Crippen LogP contribution in [0.1, 0.15) is 5.56 Å². The van der Waals surface area contributed by atoms with Crippen molar-refractivity contribution in [3.8, 4) is 11.5 Å². The van der Waals surface area contributed by atoms with Crippen molar-refractivity contribution < 1.29 is 23.8 Å². The molecule has 0 aliphatic carbocycles. The highest BCUT2D eigenvalue weighted by atomic mass is 16.6. The number of carbonyl (C=O) groups excluding carboxylic acids is 2. The van der Waals surface area contributed by atoms with E-state index in [1.807, 2.05) is 42.5 Å². The molecule has 7 nitrogen and oxygen atoms in total. The molecule has 2 aliphatic heterocycles. The van der Waals surface area contributed by atoms with Gasteiger partial charge < -0.3 is 19.1 Å². The number of amides is 2. The van der Waals surface area contributed by atoms with E-state index >= 15 is 0 Å². The Balaban J connectivity index is 1.44. The largest absolute Gasteiger partial charge is 0.497 e. The van der Waals surface area contributed by atoms with Gasteiger partial charge in [0.2, 0.25) is 0 Å². The first kappa shape index (κ1) is 19.1. The number of benzene rings is 2. The van der Waals surface area contributed by atoms with Gasteiger partial charge in [-0.25, -0.2) is 4.79 Å².